The maximum Gasteiger partial charge on any atom is 0.240 e. The molecule has 0 aliphatic heterocycles. The summed E-state index contributed by atoms with van der Waals surface area (Å²) in [5, 5.41) is 4.42. The fourth-order valence-corrected chi connectivity index (χ4v) is 4.32. The van der Waals surface area contributed by atoms with Crippen LogP contribution in [-0.4, -0.2) is 44.5 Å². The van der Waals surface area contributed by atoms with Crippen molar-refractivity contribution in [1.29, 1.82) is 0 Å². The largest absolute Gasteiger partial charge is 0.361 e. The Balaban J connectivity index is 1.40. The molecule has 0 fully saturated rings. The minimum absolute atomic E-state index is 0.0144. The van der Waals surface area contributed by atoms with Gasteiger partial charge in [0.2, 0.25) is 15.9 Å². The number of sulfonamides is 1. The first-order valence-electron chi connectivity index (χ1n) is 9.85. The van der Waals surface area contributed by atoms with Gasteiger partial charge in [-0.05, 0) is 24.6 Å². The number of carbonyl (C=O) groups is 1. The number of nitrogens with one attached hydrogen (secondary N) is 1. The zero-order chi connectivity index (χ0) is 22.3. The predicted octanol–water partition coefficient (Wildman–Crippen LogP) is 3.75. The molecule has 31 heavy (non-hydrogen) atoms. The van der Waals surface area contributed by atoms with Crippen LogP contribution < -0.4 is 4.72 Å². The molecule has 1 N–H and O–H groups in total. The second-order valence-corrected chi connectivity index (χ2v) is 9.27. The van der Waals surface area contributed by atoms with Gasteiger partial charge in [0.15, 0.2) is 0 Å². The van der Waals surface area contributed by atoms with Gasteiger partial charge in [0.05, 0.1) is 4.90 Å². The van der Waals surface area contributed by atoms with Crippen molar-refractivity contribution in [3.8, 4) is 11.3 Å². The van der Waals surface area contributed by atoms with Crippen molar-refractivity contribution in [2.75, 3.05) is 20.1 Å². The number of amides is 1. The highest BCUT2D eigenvalue weighted by Crippen LogP contribution is 2.19. The number of aryl methyl sites for hydroxylation is 1. The van der Waals surface area contributed by atoms with Crippen molar-refractivity contribution in [2.24, 2.45) is 0 Å². The topological polar surface area (TPSA) is 92.5 Å². The minimum Gasteiger partial charge on any atom is -0.361 e. The third kappa shape index (κ3) is 6.65. The summed E-state index contributed by atoms with van der Waals surface area (Å²) in [5.41, 5.74) is 1.78. The average molecular weight is 462 g/mol. The summed E-state index contributed by atoms with van der Waals surface area (Å²) in [4.78, 5) is 13.9. The molecular formula is C22H24ClN3O4S. The Labute approximate surface area is 187 Å². The lowest BCUT2D eigenvalue weighted by Crippen LogP contribution is -2.32. The van der Waals surface area contributed by atoms with Crippen LogP contribution in [0.4, 0.5) is 0 Å². The first-order chi connectivity index (χ1) is 14.8. The summed E-state index contributed by atoms with van der Waals surface area (Å²) in [7, 11) is -2.00. The van der Waals surface area contributed by atoms with E-state index in [1.165, 1.54) is 12.1 Å². The molecule has 1 aromatic heterocycles. The van der Waals surface area contributed by atoms with Crippen molar-refractivity contribution in [1.82, 2.24) is 14.8 Å². The highest BCUT2D eigenvalue weighted by atomic mass is 35.5. The summed E-state index contributed by atoms with van der Waals surface area (Å²) < 4.78 is 32.3. The van der Waals surface area contributed by atoms with E-state index in [0.717, 1.165) is 17.0 Å². The molecule has 0 radical (unpaired) electrons. The van der Waals surface area contributed by atoms with Gasteiger partial charge < -0.3 is 9.42 Å². The van der Waals surface area contributed by atoms with Crippen molar-refractivity contribution in [3.05, 3.63) is 71.4 Å². The number of rotatable bonds is 10. The summed E-state index contributed by atoms with van der Waals surface area (Å²) in [5.74, 6) is 0.616. The molecule has 0 bridgehead atoms. The van der Waals surface area contributed by atoms with Gasteiger partial charge >= 0.3 is 0 Å². The molecule has 164 valence electrons. The smallest absolute Gasteiger partial charge is 0.240 e. The fraction of sp³-hybridized carbons (Fsp3) is 0.273. The number of halogens is 1. The van der Waals surface area contributed by atoms with Crippen molar-refractivity contribution in [2.45, 2.75) is 24.2 Å². The Morgan fingerprint density at radius 1 is 1.13 bits per heavy atom. The third-order valence-electron chi connectivity index (χ3n) is 4.71. The molecule has 1 amide bonds. The number of hydrogen-bond donors (Lipinski definition) is 1. The van der Waals surface area contributed by atoms with Crippen LogP contribution in [0.25, 0.3) is 11.3 Å². The van der Waals surface area contributed by atoms with E-state index in [2.05, 4.69) is 9.88 Å². The Bertz CT molecular complexity index is 1120. The molecule has 7 nitrogen and oxygen atoms in total. The zero-order valence-corrected chi connectivity index (χ0v) is 18.7. The monoisotopic (exact) mass is 461 g/mol. The lowest BCUT2D eigenvalue weighted by atomic mass is 10.1. The SMILES string of the molecule is CN(CCCc1cc(-c2ccccc2)no1)C(=O)CCNS(=O)(=O)c1cccc(Cl)c1. The first kappa shape index (κ1) is 23.0. The van der Waals surface area contributed by atoms with Crippen LogP contribution in [0.15, 0.2) is 70.1 Å². The fourth-order valence-electron chi connectivity index (χ4n) is 2.99. The quantitative estimate of drug-likeness (QED) is 0.496. The van der Waals surface area contributed by atoms with Crippen LogP contribution in [-0.2, 0) is 21.2 Å². The number of carbonyl (C=O) groups excluding carboxylic acids is 1. The Morgan fingerprint density at radius 3 is 2.65 bits per heavy atom. The molecule has 2 aromatic carbocycles. The molecule has 0 aliphatic rings. The molecule has 0 saturated heterocycles. The van der Waals surface area contributed by atoms with Gasteiger partial charge in [-0.2, -0.15) is 0 Å². The molecule has 0 spiro atoms. The molecule has 0 saturated carbocycles. The van der Waals surface area contributed by atoms with Crippen molar-refractivity contribution >= 4 is 27.5 Å². The number of hydrogen-bond acceptors (Lipinski definition) is 5. The maximum atomic E-state index is 12.3. The van der Waals surface area contributed by atoms with Gasteiger partial charge in [-0.1, -0.05) is 53.2 Å². The number of nitrogens with zero attached hydrogens (tertiary/aromatic N) is 2. The third-order valence-corrected chi connectivity index (χ3v) is 6.40. The molecule has 0 aliphatic carbocycles. The van der Waals surface area contributed by atoms with Crippen LogP contribution in [0.1, 0.15) is 18.6 Å². The predicted molar refractivity (Wildman–Crippen MR) is 119 cm³/mol. The summed E-state index contributed by atoms with van der Waals surface area (Å²) >= 11 is 5.84. The van der Waals surface area contributed by atoms with E-state index < -0.39 is 10.0 Å². The van der Waals surface area contributed by atoms with Crippen molar-refractivity contribution in [3.63, 3.8) is 0 Å². The molecule has 0 unspecified atom stereocenters. The molecule has 3 aromatic rings. The normalized spacial score (nSPS) is 11.4. The molecule has 1 heterocycles. The summed E-state index contributed by atoms with van der Waals surface area (Å²) in [6.45, 7) is 0.543. The Morgan fingerprint density at radius 2 is 1.90 bits per heavy atom. The summed E-state index contributed by atoms with van der Waals surface area (Å²) in [6.07, 6.45) is 1.43. The second kappa shape index (κ2) is 10.6. The standard InChI is InChI=1S/C22H24ClN3O4S/c1-26(14-6-10-19-16-21(25-30-19)17-7-3-2-4-8-17)22(27)12-13-24-31(28,29)20-11-5-9-18(23)15-20/h2-5,7-9,11,15-16,24H,6,10,12-14H2,1H3. The van der Waals surface area contributed by atoms with Gasteiger partial charge in [0, 0.05) is 49.6 Å². The van der Waals surface area contributed by atoms with Gasteiger partial charge in [0.25, 0.3) is 0 Å². The summed E-state index contributed by atoms with van der Waals surface area (Å²) in [6, 6.07) is 17.6. The molecule has 9 heteroatoms. The van der Waals surface area contributed by atoms with E-state index in [4.69, 9.17) is 16.1 Å². The molecule has 0 atom stereocenters. The van der Waals surface area contributed by atoms with Crippen LogP contribution in [0.2, 0.25) is 5.02 Å². The van der Waals surface area contributed by atoms with Gasteiger partial charge in [-0.15, -0.1) is 0 Å². The lowest BCUT2D eigenvalue weighted by Gasteiger charge is -2.17. The minimum atomic E-state index is -3.70. The second-order valence-electron chi connectivity index (χ2n) is 7.07. The van der Waals surface area contributed by atoms with E-state index in [1.54, 1.807) is 24.1 Å². The highest BCUT2D eigenvalue weighted by Gasteiger charge is 2.16. The van der Waals surface area contributed by atoms with E-state index in [1.807, 2.05) is 36.4 Å². The van der Waals surface area contributed by atoms with Crippen LogP contribution in [0.3, 0.4) is 0 Å². The van der Waals surface area contributed by atoms with E-state index in [9.17, 15) is 13.2 Å². The van der Waals surface area contributed by atoms with Crippen molar-refractivity contribution < 1.29 is 17.7 Å². The first-order valence-corrected chi connectivity index (χ1v) is 11.7. The average Bonchev–Trinajstić information content (AvgIpc) is 3.23. The van der Waals surface area contributed by atoms with Crippen LogP contribution >= 0.6 is 11.6 Å². The van der Waals surface area contributed by atoms with E-state index in [0.29, 0.717) is 24.4 Å². The number of aromatic nitrogens is 1. The molecular weight excluding hydrogens is 438 g/mol. The maximum absolute atomic E-state index is 12.3. The number of benzene rings is 2. The Kier molecular flexibility index (Phi) is 7.84. The van der Waals surface area contributed by atoms with Gasteiger partial charge in [-0.3, -0.25) is 4.79 Å². The van der Waals surface area contributed by atoms with Gasteiger partial charge in [0.1, 0.15) is 11.5 Å². The lowest BCUT2D eigenvalue weighted by molar-refractivity contribution is -0.129. The van der Waals surface area contributed by atoms with Crippen LogP contribution in [0.5, 0.6) is 0 Å². The highest BCUT2D eigenvalue weighted by molar-refractivity contribution is 7.89. The van der Waals surface area contributed by atoms with Crippen LogP contribution in [0, 0.1) is 0 Å². The van der Waals surface area contributed by atoms with E-state index in [-0.39, 0.29) is 23.8 Å². The Hall–Kier alpha value is -2.68. The van der Waals surface area contributed by atoms with Gasteiger partial charge in [-0.25, -0.2) is 13.1 Å². The molecule has 3 rings (SSSR count). The van der Waals surface area contributed by atoms with E-state index >= 15 is 0 Å². The zero-order valence-electron chi connectivity index (χ0n) is 17.1.